The largest absolute Gasteiger partial charge is 0.497 e. The second-order valence-electron chi connectivity index (χ2n) is 8.02. The molecule has 0 spiro atoms. The second kappa shape index (κ2) is 10.9. The van der Waals surface area contributed by atoms with Crippen LogP contribution in [0.5, 0.6) is 11.5 Å². The second-order valence-corrected chi connectivity index (χ2v) is 8.81. The number of carbonyl (C=O) groups is 3. The van der Waals surface area contributed by atoms with Crippen LogP contribution in [0.15, 0.2) is 71.4 Å². The lowest BCUT2D eigenvalue weighted by Crippen LogP contribution is -2.32. The molecule has 202 valence electrons. The molecule has 1 aliphatic rings. The van der Waals surface area contributed by atoms with Crippen molar-refractivity contribution in [2.45, 2.75) is 6.18 Å². The summed E-state index contributed by atoms with van der Waals surface area (Å²) in [6.45, 7) is 0. The number of benzene rings is 3. The van der Waals surface area contributed by atoms with E-state index in [4.69, 9.17) is 32.7 Å². The fourth-order valence-electron chi connectivity index (χ4n) is 3.68. The predicted octanol–water partition coefficient (Wildman–Crippen LogP) is 6.06. The normalized spacial score (nSPS) is 13.6. The number of ether oxygens (including phenoxy) is 2. The van der Waals surface area contributed by atoms with Crippen molar-refractivity contribution < 1.29 is 37.0 Å². The molecule has 0 unspecified atom stereocenters. The van der Waals surface area contributed by atoms with Crippen molar-refractivity contribution in [2.24, 2.45) is 0 Å². The van der Waals surface area contributed by atoms with Gasteiger partial charge >= 0.3 is 6.18 Å². The molecule has 4 rings (SSSR count). The maximum Gasteiger partial charge on any atom is 0.416 e. The summed E-state index contributed by atoms with van der Waals surface area (Å²) in [6.07, 6.45) is -4.63. The molecule has 0 bridgehead atoms. The minimum absolute atomic E-state index is 0.0216. The lowest BCUT2D eigenvalue weighted by molar-refractivity contribution is -0.137. The number of methoxy groups -OCH3 is 2. The third-order valence-electron chi connectivity index (χ3n) is 5.59. The Kier molecular flexibility index (Phi) is 7.75. The molecular weight excluding hydrogens is 562 g/mol. The number of carbonyl (C=O) groups excluding carboxylic acids is 3. The fourth-order valence-corrected chi connectivity index (χ4v) is 4.05. The molecule has 1 heterocycles. The van der Waals surface area contributed by atoms with Crippen LogP contribution in [0.2, 0.25) is 5.02 Å². The number of halogens is 5. The average molecular weight is 580 g/mol. The molecule has 3 amide bonds. The van der Waals surface area contributed by atoms with Crippen LogP contribution in [0.4, 0.5) is 30.2 Å². The zero-order chi connectivity index (χ0) is 28.5. The Morgan fingerprint density at radius 1 is 0.923 bits per heavy atom. The maximum absolute atomic E-state index is 13.2. The number of rotatable bonds is 7. The van der Waals surface area contributed by atoms with Crippen molar-refractivity contribution in [3.63, 3.8) is 0 Å². The van der Waals surface area contributed by atoms with Gasteiger partial charge < -0.3 is 20.1 Å². The number of hydrogen-bond donors (Lipinski definition) is 2. The highest BCUT2D eigenvalue weighted by molar-refractivity contribution is 6.53. The maximum atomic E-state index is 13.2. The molecule has 0 aromatic heterocycles. The molecule has 8 nitrogen and oxygen atoms in total. The molecule has 0 saturated carbocycles. The third-order valence-corrected chi connectivity index (χ3v) is 6.27. The fraction of sp³-hybridized carbons (Fsp3) is 0.115. The van der Waals surface area contributed by atoms with Crippen molar-refractivity contribution in [2.75, 3.05) is 29.8 Å². The van der Waals surface area contributed by atoms with Crippen molar-refractivity contribution in [3.8, 4) is 11.5 Å². The van der Waals surface area contributed by atoms with Gasteiger partial charge in [-0.3, -0.25) is 14.4 Å². The van der Waals surface area contributed by atoms with Crippen LogP contribution in [0.1, 0.15) is 15.9 Å². The van der Waals surface area contributed by atoms with E-state index in [2.05, 4.69) is 10.6 Å². The third kappa shape index (κ3) is 5.64. The molecule has 1 aliphatic heterocycles. The van der Waals surface area contributed by atoms with Crippen LogP contribution in [0.3, 0.4) is 0 Å². The highest BCUT2D eigenvalue weighted by Crippen LogP contribution is 2.38. The Morgan fingerprint density at radius 3 is 2.33 bits per heavy atom. The first-order valence-corrected chi connectivity index (χ1v) is 11.8. The topological polar surface area (TPSA) is 97.0 Å². The quantitative estimate of drug-likeness (QED) is 0.330. The standard InChI is InChI=1S/C26H18Cl2F3N3O5/c1-38-16-7-9-20(39-2)19(12-16)34-24(36)21(28)22(25(34)37)32-15-5-3-4-13(10-15)23(35)33-18-11-14(26(29,30)31)6-8-17(18)27/h3-12,32H,1-2H3,(H,33,35). The zero-order valence-electron chi connectivity index (χ0n) is 20.2. The van der Waals surface area contributed by atoms with Gasteiger partial charge in [-0.15, -0.1) is 0 Å². The van der Waals surface area contributed by atoms with Gasteiger partial charge in [0.2, 0.25) is 0 Å². The van der Waals surface area contributed by atoms with E-state index in [1.807, 2.05) is 0 Å². The minimum Gasteiger partial charge on any atom is -0.497 e. The average Bonchev–Trinajstić information content (AvgIpc) is 3.11. The molecule has 0 radical (unpaired) electrons. The van der Waals surface area contributed by atoms with Crippen molar-refractivity contribution >= 4 is 58.0 Å². The van der Waals surface area contributed by atoms with E-state index >= 15 is 0 Å². The monoisotopic (exact) mass is 579 g/mol. The zero-order valence-corrected chi connectivity index (χ0v) is 21.7. The van der Waals surface area contributed by atoms with Gasteiger partial charge in [0.25, 0.3) is 17.7 Å². The summed E-state index contributed by atoms with van der Waals surface area (Å²) >= 11 is 12.2. The first kappa shape index (κ1) is 27.8. The smallest absolute Gasteiger partial charge is 0.416 e. The molecular formula is C26H18Cl2F3N3O5. The van der Waals surface area contributed by atoms with Gasteiger partial charge in [0, 0.05) is 17.3 Å². The van der Waals surface area contributed by atoms with Crippen LogP contribution < -0.4 is 25.0 Å². The van der Waals surface area contributed by atoms with Gasteiger partial charge in [0.1, 0.15) is 22.2 Å². The van der Waals surface area contributed by atoms with Gasteiger partial charge in [0.05, 0.1) is 36.2 Å². The van der Waals surface area contributed by atoms with Gasteiger partial charge in [0.15, 0.2) is 0 Å². The molecule has 0 aliphatic carbocycles. The Bertz CT molecular complexity index is 1520. The lowest BCUT2D eigenvalue weighted by atomic mass is 10.1. The van der Waals surface area contributed by atoms with Crippen LogP contribution in [0.25, 0.3) is 0 Å². The Hall–Kier alpha value is -4.22. The molecule has 3 aromatic rings. The number of imide groups is 1. The summed E-state index contributed by atoms with van der Waals surface area (Å²) in [5, 5.41) is 4.59. The number of nitrogens with zero attached hydrogens (tertiary/aromatic N) is 1. The van der Waals surface area contributed by atoms with E-state index < -0.39 is 34.5 Å². The molecule has 39 heavy (non-hydrogen) atoms. The van der Waals surface area contributed by atoms with Crippen molar-refractivity contribution in [3.05, 3.63) is 87.5 Å². The van der Waals surface area contributed by atoms with Gasteiger partial charge in [-0.2, -0.15) is 13.2 Å². The van der Waals surface area contributed by atoms with E-state index in [9.17, 15) is 27.6 Å². The van der Waals surface area contributed by atoms with Crippen LogP contribution in [0, 0.1) is 0 Å². The first-order valence-electron chi connectivity index (χ1n) is 11.0. The van der Waals surface area contributed by atoms with Crippen LogP contribution in [-0.4, -0.2) is 31.9 Å². The molecule has 0 fully saturated rings. The van der Waals surface area contributed by atoms with Crippen molar-refractivity contribution in [1.29, 1.82) is 0 Å². The Labute approximate surface area is 229 Å². The highest BCUT2D eigenvalue weighted by Gasteiger charge is 2.40. The highest BCUT2D eigenvalue weighted by atomic mass is 35.5. The predicted molar refractivity (Wildman–Crippen MR) is 139 cm³/mol. The summed E-state index contributed by atoms with van der Waals surface area (Å²) < 4.78 is 49.6. The number of alkyl halides is 3. The van der Waals surface area contributed by atoms with E-state index in [1.54, 1.807) is 6.07 Å². The molecule has 3 aromatic carbocycles. The summed E-state index contributed by atoms with van der Waals surface area (Å²) in [5.41, 5.74) is -1.15. The van der Waals surface area contributed by atoms with Crippen LogP contribution in [-0.2, 0) is 15.8 Å². The molecule has 2 N–H and O–H groups in total. The summed E-state index contributed by atoms with van der Waals surface area (Å²) in [5.74, 6) is -1.79. The minimum atomic E-state index is -4.63. The van der Waals surface area contributed by atoms with Crippen LogP contribution >= 0.6 is 23.2 Å². The van der Waals surface area contributed by atoms with Gasteiger partial charge in [-0.1, -0.05) is 29.3 Å². The number of hydrogen-bond acceptors (Lipinski definition) is 6. The van der Waals surface area contributed by atoms with Gasteiger partial charge in [-0.25, -0.2) is 4.90 Å². The number of anilines is 3. The van der Waals surface area contributed by atoms with E-state index in [0.717, 1.165) is 23.1 Å². The number of nitrogens with one attached hydrogen (secondary N) is 2. The lowest BCUT2D eigenvalue weighted by Gasteiger charge is -2.19. The first-order chi connectivity index (χ1) is 18.4. The summed E-state index contributed by atoms with van der Waals surface area (Å²) in [4.78, 5) is 39.8. The molecule has 0 saturated heterocycles. The molecule has 13 heteroatoms. The Balaban J connectivity index is 1.57. The molecule has 0 atom stereocenters. The SMILES string of the molecule is COc1ccc(OC)c(N2C(=O)C(Cl)=C(Nc3cccc(C(=O)Nc4cc(C(F)(F)F)ccc4Cl)c3)C2=O)c1. The number of amides is 3. The van der Waals surface area contributed by atoms with Gasteiger partial charge in [-0.05, 0) is 48.5 Å². The van der Waals surface area contributed by atoms with E-state index in [1.165, 1.54) is 50.6 Å². The Morgan fingerprint density at radius 2 is 1.67 bits per heavy atom. The summed E-state index contributed by atoms with van der Waals surface area (Å²) in [7, 11) is 2.79. The van der Waals surface area contributed by atoms with E-state index in [0.29, 0.717) is 5.75 Å². The van der Waals surface area contributed by atoms with Crippen molar-refractivity contribution in [1.82, 2.24) is 0 Å². The van der Waals surface area contributed by atoms with E-state index in [-0.39, 0.29) is 39.1 Å². The summed E-state index contributed by atoms with van der Waals surface area (Å²) in [6, 6.07) is 12.8.